The van der Waals surface area contributed by atoms with Crippen molar-refractivity contribution in [3.8, 4) is 50.6 Å². The summed E-state index contributed by atoms with van der Waals surface area (Å²) in [4.78, 5) is 10.6. The Morgan fingerprint density at radius 3 is 1.84 bits per heavy atom. The number of rotatable bonds is 3. The lowest BCUT2D eigenvalue weighted by molar-refractivity contribution is 0.749. The van der Waals surface area contributed by atoms with Gasteiger partial charge in [0.1, 0.15) is 0 Å². The predicted molar refractivity (Wildman–Crippen MR) is 239 cm³/mol. The zero-order chi connectivity index (χ0) is 38.0. The molecular formula is C55H33N3. The van der Waals surface area contributed by atoms with Crippen molar-refractivity contribution in [3.63, 3.8) is 0 Å². The predicted octanol–water partition coefficient (Wildman–Crippen LogP) is 13.6. The Hall–Kier alpha value is -7.62. The van der Waals surface area contributed by atoms with E-state index in [0.29, 0.717) is 5.82 Å². The summed E-state index contributed by atoms with van der Waals surface area (Å²) in [5, 5.41) is 5.92. The van der Waals surface area contributed by atoms with Crippen LogP contribution in [-0.4, -0.2) is 14.5 Å². The lowest BCUT2D eigenvalue weighted by atomic mass is 9.65. The fourth-order valence-corrected chi connectivity index (χ4v) is 10.4. The molecule has 1 spiro atoms. The van der Waals surface area contributed by atoms with Crippen LogP contribution in [0.1, 0.15) is 22.3 Å². The van der Waals surface area contributed by atoms with Crippen molar-refractivity contribution in [2.45, 2.75) is 5.41 Å². The number of fused-ring (bicyclic) bond motifs is 14. The molecule has 0 amide bonds. The molecule has 11 aromatic rings. The van der Waals surface area contributed by atoms with Crippen LogP contribution in [0.4, 0.5) is 0 Å². The normalized spacial score (nSPS) is 13.3. The van der Waals surface area contributed by atoms with Gasteiger partial charge in [-0.15, -0.1) is 0 Å². The smallest absolute Gasteiger partial charge is 0.160 e. The van der Waals surface area contributed by atoms with Crippen molar-refractivity contribution in [2.75, 3.05) is 0 Å². The maximum atomic E-state index is 5.38. The van der Waals surface area contributed by atoms with Gasteiger partial charge in [-0.05, 0) is 91.7 Å². The molecule has 13 rings (SSSR count). The molecule has 9 aromatic carbocycles. The molecule has 0 unspecified atom stereocenters. The molecule has 1 aliphatic heterocycles. The van der Waals surface area contributed by atoms with Gasteiger partial charge in [0.2, 0.25) is 0 Å². The fourth-order valence-electron chi connectivity index (χ4n) is 10.4. The SMILES string of the molecule is c1cc(-c2cc3c4c(c2)c2ccccc2n4-c2ccccc2C32c3ccccc3-c3ccccc32)cc(-c2nc(-c3cccc4ccccc34)c3ccccc3n2)c1. The summed E-state index contributed by atoms with van der Waals surface area (Å²) in [6, 6.07) is 73.2. The van der Waals surface area contributed by atoms with E-state index in [1.54, 1.807) is 0 Å². The van der Waals surface area contributed by atoms with Crippen molar-refractivity contribution >= 4 is 43.5 Å². The van der Waals surface area contributed by atoms with Crippen LogP contribution in [0.2, 0.25) is 0 Å². The third-order valence-electron chi connectivity index (χ3n) is 12.8. The first-order chi connectivity index (χ1) is 28.8. The number of hydrogen-bond acceptors (Lipinski definition) is 2. The average molecular weight is 736 g/mol. The van der Waals surface area contributed by atoms with Gasteiger partial charge in [0.05, 0.1) is 33.3 Å². The molecule has 0 bridgehead atoms. The lowest BCUT2D eigenvalue weighted by Crippen LogP contribution is -2.33. The highest BCUT2D eigenvalue weighted by Crippen LogP contribution is 2.61. The summed E-state index contributed by atoms with van der Waals surface area (Å²) in [6.07, 6.45) is 0. The summed E-state index contributed by atoms with van der Waals surface area (Å²) in [7, 11) is 0. The fraction of sp³-hybridized carbons (Fsp3) is 0.0182. The van der Waals surface area contributed by atoms with Gasteiger partial charge < -0.3 is 4.57 Å². The van der Waals surface area contributed by atoms with Crippen LogP contribution in [0.5, 0.6) is 0 Å². The third kappa shape index (κ3) is 4.12. The molecule has 0 radical (unpaired) electrons. The van der Waals surface area contributed by atoms with E-state index in [-0.39, 0.29) is 0 Å². The first kappa shape index (κ1) is 31.6. The molecule has 0 saturated carbocycles. The van der Waals surface area contributed by atoms with Crippen molar-refractivity contribution in [2.24, 2.45) is 0 Å². The van der Waals surface area contributed by atoms with E-state index in [2.05, 4.69) is 205 Å². The molecule has 3 heterocycles. The van der Waals surface area contributed by atoms with E-state index >= 15 is 0 Å². The number of hydrogen-bond donors (Lipinski definition) is 0. The Morgan fingerprint density at radius 1 is 0.379 bits per heavy atom. The first-order valence-electron chi connectivity index (χ1n) is 20.0. The van der Waals surface area contributed by atoms with Crippen LogP contribution in [0.15, 0.2) is 200 Å². The minimum atomic E-state index is -0.505. The van der Waals surface area contributed by atoms with Crippen LogP contribution in [-0.2, 0) is 5.41 Å². The standard InChI is InChI=1S/C55H33N3/c1-2-19-38-34(15-1)16-14-24-42(38)52-43-23-5-10-28-49(43)56-54(57-52)36-18-13-17-35(31-36)37-32-44-41-22-6-11-29-50(41)58-51-30-12-9-27-47(51)55(48(33-37)53(44)58)45-25-7-3-20-39(45)40-21-4-8-26-46(40)55/h1-33H. The second-order valence-electron chi connectivity index (χ2n) is 15.7. The van der Waals surface area contributed by atoms with E-state index in [1.807, 2.05) is 0 Å². The molecule has 2 aromatic heterocycles. The van der Waals surface area contributed by atoms with Gasteiger partial charge >= 0.3 is 0 Å². The first-order valence-corrected chi connectivity index (χ1v) is 20.0. The van der Waals surface area contributed by atoms with Crippen molar-refractivity contribution in [1.29, 1.82) is 0 Å². The van der Waals surface area contributed by atoms with Gasteiger partial charge in [-0.2, -0.15) is 0 Å². The summed E-state index contributed by atoms with van der Waals surface area (Å²) >= 11 is 0. The van der Waals surface area contributed by atoms with E-state index < -0.39 is 5.41 Å². The minimum Gasteiger partial charge on any atom is -0.309 e. The molecule has 0 fully saturated rings. The van der Waals surface area contributed by atoms with E-state index in [9.17, 15) is 0 Å². The van der Waals surface area contributed by atoms with Gasteiger partial charge in [0.25, 0.3) is 0 Å². The van der Waals surface area contributed by atoms with E-state index in [4.69, 9.17) is 9.97 Å². The van der Waals surface area contributed by atoms with Gasteiger partial charge in [-0.3, -0.25) is 0 Å². The minimum absolute atomic E-state index is 0.505. The molecular weight excluding hydrogens is 703 g/mol. The maximum absolute atomic E-state index is 5.38. The summed E-state index contributed by atoms with van der Waals surface area (Å²) < 4.78 is 2.52. The molecule has 0 atom stereocenters. The Kier molecular flexibility index (Phi) is 6.37. The van der Waals surface area contributed by atoms with Crippen LogP contribution < -0.4 is 0 Å². The second-order valence-corrected chi connectivity index (χ2v) is 15.7. The van der Waals surface area contributed by atoms with Gasteiger partial charge in [-0.25, -0.2) is 9.97 Å². The van der Waals surface area contributed by atoms with Gasteiger partial charge in [-0.1, -0.05) is 164 Å². The number of para-hydroxylation sites is 3. The lowest BCUT2D eigenvalue weighted by Gasteiger charge is -2.39. The van der Waals surface area contributed by atoms with E-state index in [1.165, 1.54) is 77.2 Å². The third-order valence-corrected chi connectivity index (χ3v) is 12.8. The Labute approximate surface area is 335 Å². The Bertz CT molecular complexity index is 3480. The highest BCUT2D eigenvalue weighted by molar-refractivity contribution is 6.14. The topological polar surface area (TPSA) is 30.7 Å². The molecule has 2 aliphatic rings. The summed E-state index contributed by atoms with van der Waals surface area (Å²) in [6.45, 7) is 0. The maximum Gasteiger partial charge on any atom is 0.160 e. The highest BCUT2D eigenvalue weighted by Gasteiger charge is 2.50. The number of benzene rings is 9. The van der Waals surface area contributed by atoms with Crippen LogP contribution in [0, 0.1) is 0 Å². The number of nitrogens with zero attached hydrogens (tertiary/aromatic N) is 3. The Balaban J connectivity index is 1.09. The average Bonchev–Trinajstić information content (AvgIpc) is 3.79. The summed E-state index contributed by atoms with van der Waals surface area (Å²) in [5.74, 6) is 0.714. The molecule has 3 nitrogen and oxygen atoms in total. The molecule has 1 aliphatic carbocycles. The largest absolute Gasteiger partial charge is 0.309 e. The molecule has 268 valence electrons. The molecule has 0 N–H and O–H groups in total. The van der Waals surface area contributed by atoms with Gasteiger partial charge in [0, 0.05) is 27.3 Å². The van der Waals surface area contributed by atoms with Crippen molar-refractivity contribution in [3.05, 3.63) is 222 Å². The zero-order valence-electron chi connectivity index (χ0n) is 31.4. The van der Waals surface area contributed by atoms with Crippen molar-refractivity contribution in [1.82, 2.24) is 14.5 Å². The Morgan fingerprint density at radius 2 is 1.00 bits per heavy atom. The summed E-state index contributed by atoms with van der Waals surface area (Å²) in [5.41, 5.74) is 17.4. The van der Waals surface area contributed by atoms with Crippen LogP contribution >= 0.6 is 0 Å². The van der Waals surface area contributed by atoms with Crippen LogP contribution in [0.3, 0.4) is 0 Å². The van der Waals surface area contributed by atoms with Crippen molar-refractivity contribution < 1.29 is 0 Å². The van der Waals surface area contributed by atoms with E-state index in [0.717, 1.165) is 33.3 Å². The highest BCUT2D eigenvalue weighted by atomic mass is 15.0. The van der Waals surface area contributed by atoms with Gasteiger partial charge in [0.15, 0.2) is 5.82 Å². The second kappa shape index (κ2) is 11.7. The molecule has 0 saturated heterocycles. The molecule has 3 heteroatoms. The molecule has 58 heavy (non-hydrogen) atoms. The monoisotopic (exact) mass is 735 g/mol. The number of aromatic nitrogens is 3. The van der Waals surface area contributed by atoms with Crippen LogP contribution in [0.25, 0.3) is 94.1 Å². The quantitative estimate of drug-likeness (QED) is 0.181. The zero-order valence-corrected chi connectivity index (χ0v) is 31.4.